The zero-order chi connectivity index (χ0) is 16.1. The highest BCUT2D eigenvalue weighted by atomic mass is 32.2. The van der Waals surface area contributed by atoms with Gasteiger partial charge in [0, 0.05) is 24.3 Å². The average molecular weight is 316 g/mol. The van der Waals surface area contributed by atoms with Crippen LogP contribution in [0.2, 0.25) is 0 Å². The lowest BCUT2D eigenvalue weighted by Crippen LogP contribution is -2.29. The third-order valence-electron chi connectivity index (χ3n) is 3.19. The number of nitrogens with one attached hydrogen (secondary N) is 3. The van der Waals surface area contributed by atoms with Gasteiger partial charge in [0.2, 0.25) is 0 Å². The van der Waals surface area contributed by atoms with Gasteiger partial charge in [-0.25, -0.2) is 13.1 Å². The van der Waals surface area contributed by atoms with Crippen molar-refractivity contribution in [2.45, 2.75) is 59.0 Å². The summed E-state index contributed by atoms with van der Waals surface area (Å²) in [6, 6.07) is 0. The predicted octanol–water partition coefficient (Wildman–Crippen LogP) is 1.93. The van der Waals surface area contributed by atoms with E-state index in [4.69, 9.17) is 0 Å². The molecule has 1 aromatic heterocycles. The summed E-state index contributed by atoms with van der Waals surface area (Å²) in [7, 11) is -3.56. The zero-order valence-electron chi connectivity index (χ0n) is 13.7. The van der Waals surface area contributed by atoms with Crippen LogP contribution in [0.5, 0.6) is 0 Å². The van der Waals surface area contributed by atoms with E-state index in [-0.39, 0.29) is 10.4 Å². The van der Waals surface area contributed by atoms with Crippen LogP contribution >= 0.6 is 0 Å². The largest absolute Gasteiger partial charge is 0.313 e. The third kappa shape index (κ3) is 5.76. The van der Waals surface area contributed by atoms with Gasteiger partial charge in [0.05, 0.1) is 0 Å². The Labute approximate surface area is 128 Å². The number of aryl methyl sites for hydroxylation is 1. The van der Waals surface area contributed by atoms with Crippen molar-refractivity contribution in [2.75, 3.05) is 13.1 Å². The second-order valence-corrected chi connectivity index (χ2v) is 8.20. The number of aromatic amines is 1. The van der Waals surface area contributed by atoms with E-state index in [1.807, 2.05) is 6.92 Å². The van der Waals surface area contributed by atoms with Crippen LogP contribution in [0.15, 0.2) is 5.03 Å². The van der Waals surface area contributed by atoms with E-state index in [0.29, 0.717) is 18.7 Å². The molecule has 0 aromatic carbocycles. The van der Waals surface area contributed by atoms with E-state index in [1.54, 1.807) is 0 Å². The molecule has 3 N–H and O–H groups in total. The maximum atomic E-state index is 12.4. The number of hydrogen-bond donors (Lipinski definition) is 3. The summed E-state index contributed by atoms with van der Waals surface area (Å²) in [5.74, 6) is 0. The van der Waals surface area contributed by atoms with Crippen LogP contribution in [0.1, 0.15) is 51.8 Å². The molecule has 0 aliphatic heterocycles. The first-order valence-electron chi connectivity index (χ1n) is 7.41. The molecular weight excluding hydrogens is 288 g/mol. The Morgan fingerprint density at radius 3 is 2.48 bits per heavy atom. The minimum Gasteiger partial charge on any atom is -0.313 e. The summed E-state index contributed by atoms with van der Waals surface area (Å²) < 4.78 is 27.4. The van der Waals surface area contributed by atoms with Gasteiger partial charge >= 0.3 is 0 Å². The van der Waals surface area contributed by atoms with Crippen LogP contribution in [0, 0.1) is 12.3 Å². The van der Waals surface area contributed by atoms with Gasteiger partial charge in [0.25, 0.3) is 10.0 Å². The third-order valence-corrected chi connectivity index (χ3v) is 4.62. The molecule has 0 unspecified atom stereocenters. The van der Waals surface area contributed by atoms with E-state index in [1.165, 1.54) is 0 Å². The highest BCUT2D eigenvalue weighted by Crippen LogP contribution is 2.19. The Bertz CT molecular complexity index is 544. The second-order valence-electron chi connectivity index (χ2n) is 6.52. The molecule has 0 aliphatic carbocycles. The fourth-order valence-electron chi connectivity index (χ4n) is 1.88. The van der Waals surface area contributed by atoms with Crippen molar-refractivity contribution >= 4 is 10.0 Å². The van der Waals surface area contributed by atoms with Crippen molar-refractivity contribution in [3.63, 3.8) is 0 Å². The topological polar surface area (TPSA) is 86.9 Å². The van der Waals surface area contributed by atoms with Gasteiger partial charge in [-0.2, -0.15) is 5.10 Å². The fraction of sp³-hybridized carbons (Fsp3) is 0.786. The molecule has 6 nitrogen and oxygen atoms in total. The summed E-state index contributed by atoms with van der Waals surface area (Å²) in [4.78, 5) is 0. The molecule has 1 aromatic rings. The Kier molecular flexibility index (Phi) is 6.37. The van der Waals surface area contributed by atoms with Gasteiger partial charge in [-0.05, 0) is 31.7 Å². The summed E-state index contributed by atoms with van der Waals surface area (Å²) >= 11 is 0. The number of rotatable bonds is 8. The molecule has 0 radical (unpaired) electrons. The van der Waals surface area contributed by atoms with Gasteiger partial charge in [0.15, 0.2) is 5.03 Å². The van der Waals surface area contributed by atoms with Gasteiger partial charge in [-0.15, -0.1) is 0 Å². The first-order chi connectivity index (χ1) is 9.67. The molecule has 0 spiro atoms. The molecule has 0 saturated heterocycles. The predicted molar refractivity (Wildman–Crippen MR) is 84.6 cm³/mol. The van der Waals surface area contributed by atoms with Crippen LogP contribution in [-0.2, 0) is 16.6 Å². The lowest BCUT2D eigenvalue weighted by Gasteiger charge is -2.17. The van der Waals surface area contributed by atoms with Crippen molar-refractivity contribution in [2.24, 2.45) is 5.41 Å². The van der Waals surface area contributed by atoms with Crippen LogP contribution in [-0.4, -0.2) is 31.7 Å². The first kappa shape index (κ1) is 18.1. The van der Waals surface area contributed by atoms with Crippen LogP contribution in [0.4, 0.5) is 0 Å². The normalized spacial score (nSPS) is 12.8. The van der Waals surface area contributed by atoms with Gasteiger partial charge in [-0.1, -0.05) is 27.7 Å². The number of sulfonamides is 1. The SMILES string of the molecule is CCCNCc1c(S(=O)(=O)NCCC(C)(C)C)n[nH]c1C. The zero-order valence-corrected chi connectivity index (χ0v) is 14.5. The Morgan fingerprint density at radius 2 is 1.90 bits per heavy atom. The molecule has 0 atom stereocenters. The summed E-state index contributed by atoms with van der Waals surface area (Å²) in [6.07, 6.45) is 1.78. The van der Waals surface area contributed by atoms with Crippen LogP contribution < -0.4 is 10.0 Å². The highest BCUT2D eigenvalue weighted by Gasteiger charge is 2.23. The monoisotopic (exact) mass is 316 g/mol. The highest BCUT2D eigenvalue weighted by molar-refractivity contribution is 7.89. The Morgan fingerprint density at radius 1 is 1.24 bits per heavy atom. The van der Waals surface area contributed by atoms with Crippen LogP contribution in [0.25, 0.3) is 0 Å². The molecule has 7 heteroatoms. The van der Waals surface area contributed by atoms with E-state index >= 15 is 0 Å². The van der Waals surface area contributed by atoms with Gasteiger partial charge in [0.1, 0.15) is 0 Å². The molecule has 0 amide bonds. The lowest BCUT2D eigenvalue weighted by atomic mass is 9.93. The first-order valence-corrected chi connectivity index (χ1v) is 8.90. The summed E-state index contributed by atoms with van der Waals surface area (Å²) in [6.45, 7) is 11.9. The van der Waals surface area contributed by atoms with E-state index < -0.39 is 10.0 Å². The van der Waals surface area contributed by atoms with Crippen molar-refractivity contribution < 1.29 is 8.42 Å². The van der Waals surface area contributed by atoms with Crippen molar-refractivity contribution in [3.05, 3.63) is 11.3 Å². The van der Waals surface area contributed by atoms with E-state index in [0.717, 1.165) is 25.1 Å². The van der Waals surface area contributed by atoms with E-state index in [2.05, 4.69) is 47.9 Å². The van der Waals surface area contributed by atoms with Crippen molar-refractivity contribution in [1.82, 2.24) is 20.2 Å². The lowest BCUT2D eigenvalue weighted by molar-refractivity contribution is 0.378. The molecule has 21 heavy (non-hydrogen) atoms. The van der Waals surface area contributed by atoms with Gasteiger partial charge in [-0.3, -0.25) is 5.10 Å². The molecule has 0 fully saturated rings. The Hall–Kier alpha value is -0.920. The molecule has 1 heterocycles. The Balaban J connectivity index is 2.78. The molecule has 0 bridgehead atoms. The number of aromatic nitrogens is 2. The molecule has 0 saturated carbocycles. The minimum absolute atomic E-state index is 0.0928. The van der Waals surface area contributed by atoms with E-state index in [9.17, 15) is 8.42 Å². The van der Waals surface area contributed by atoms with Crippen LogP contribution in [0.3, 0.4) is 0 Å². The second kappa shape index (κ2) is 7.38. The molecule has 0 aliphatic rings. The quantitative estimate of drug-likeness (QED) is 0.640. The molecule has 122 valence electrons. The summed E-state index contributed by atoms with van der Waals surface area (Å²) in [5, 5.41) is 10.1. The maximum Gasteiger partial charge on any atom is 0.260 e. The number of H-pyrrole nitrogens is 1. The molecule has 1 rings (SSSR count). The number of nitrogens with zero attached hydrogens (tertiary/aromatic N) is 1. The van der Waals surface area contributed by atoms with Crippen molar-refractivity contribution in [3.8, 4) is 0 Å². The maximum absolute atomic E-state index is 12.4. The average Bonchev–Trinajstić information content (AvgIpc) is 2.70. The smallest absolute Gasteiger partial charge is 0.260 e. The van der Waals surface area contributed by atoms with Crippen molar-refractivity contribution in [1.29, 1.82) is 0 Å². The number of hydrogen-bond acceptors (Lipinski definition) is 4. The minimum atomic E-state index is -3.56. The summed E-state index contributed by atoms with van der Waals surface area (Å²) in [5.41, 5.74) is 1.59. The fourth-order valence-corrected chi connectivity index (χ4v) is 3.10. The molecular formula is C14H28N4O2S. The van der Waals surface area contributed by atoms with Gasteiger partial charge < -0.3 is 5.32 Å². The standard InChI is InChI=1S/C14H28N4O2S/c1-6-8-15-10-12-11(2)17-18-13(12)21(19,20)16-9-7-14(3,4)5/h15-16H,6-10H2,1-5H3,(H,17,18).